The van der Waals surface area contributed by atoms with Crippen LogP contribution in [-0.4, -0.2) is 23.6 Å². The lowest BCUT2D eigenvalue weighted by molar-refractivity contribution is -0.115. The van der Waals surface area contributed by atoms with Crippen LogP contribution in [0.4, 0.5) is 5.69 Å². The van der Waals surface area contributed by atoms with Gasteiger partial charge in [-0.1, -0.05) is 20.8 Å². The molecule has 3 atom stereocenters. The maximum absolute atomic E-state index is 12.9. The molecule has 2 bridgehead atoms. The van der Waals surface area contributed by atoms with Gasteiger partial charge in [0.15, 0.2) is 0 Å². The van der Waals surface area contributed by atoms with E-state index in [4.69, 9.17) is 0 Å². The standard InChI is InChI=1S/C20H26N2O2S/c1-19(2)13-6-8-20(19,3)16(11-13)22-18(24)12-4-5-15-14(10-12)21-17(23)7-9-25-15/h4-5,10,13,16H,6-9,11H2,1-3H3,(H,21,23)(H,22,24). The fourth-order valence-corrected chi connectivity index (χ4v) is 5.96. The number of anilines is 1. The number of rotatable bonds is 2. The molecule has 3 aliphatic rings. The number of hydrogen-bond donors (Lipinski definition) is 2. The second-order valence-corrected chi connectivity index (χ2v) is 9.63. The van der Waals surface area contributed by atoms with Gasteiger partial charge in [0, 0.05) is 28.7 Å². The van der Waals surface area contributed by atoms with Crippen LogP contribution < -0.4 is 10.6 Å². The Morgan fingerprint density at radius 1 is 1.32 bits per heavy atom. The zero-order valence-corrected chi connectivity index (χ0v) is 16.0. The van der Waals surface area contributed by atoms with E-state index in [1.807, 2.05) is 18.2 Å². The first kappa shape index (κ1) is 17.0. The molecular formula is C20H26N2O2S. The second kappa shape index (κ2) is 5.76. The Balaban J connectivity index is 1.54. The second-order valence-electron chi connectivity index (χ2n) is 8.49. The van der Waals surface area contributed by atoms with Crippen LogP contribution in [-0.2, 0) is 4.79 Å². The molecule has 134 valence electrons. The van der Waals surface area contributed by atoms with E-state index in [0.29, 0.717) is 17.9 Å². The molecule has 1 heterocycles. The summed E-state index contributed by atoms with van der Waals surface area (Å²) in [6.07, 6.45) is 4.05. The summed E-state index contributed by atoms with van der Waals surface area (Å²) in [5, 5.41) is 6.22. The molecule has 1 aliphatic heterocycles. The molecule has 25 heavy (non-hydrogen) atoms. The van der Waals surface area contributed by atoms with Crippen molar-refractivity contribution in [2.24, 2.45) is 16.7 Å². The van der Waals surface area contributed by atoms with E-state index in [0.717, 1.165) is 22.8 Å². The average molecular weight is 359 g/mol. The third-order valence-electron chi connectivity index (χ3n) is 7.20. The number of nitrogens with one attached hydrogen (secondary N) is 2. The number of thioether (sulfide) groups is 1. The largest absolute Gasteiger partial charge is 0.349 e. The van der Waals surface area contributed by atoms with E-state index < -0.39 is 0 Å². The molecule has 0 radical (unpaired) electrons. The average Bonchev–Trinajstić information content (AvgIpc) is 2.80. The smallest absolute Gasteiger partial charge is 0.251 e. The first-order valence-electron chi connectivity index (χ1n) is 9.19. The molecule has 1 aromatic carbocycles. The molecule has 5 heteroatoms. The Labute approximate surface area is 153 Å². The summed E-state index contributed by atoms with van der Waals surface area (Å²) in [6.45, 7) is 7.04. The highest BCUT2D eigenvalue weighted by Gasteiger charge is 2.61. The van der Waals surface area contributed by atoms with Gasteiger partial charge in [-0.3, -0.25) is 9.59 Å². The van der Waals surface area contributed by atoms with Crippen LogP contribution in [0.1, 0.15) is 56.8 Å². The molecule has 2 saturated carbocycles. The number of carbonyl (C=O) groups excluding carboxylic acids is 2. The number of fused-ring (bicyclic) bond motifs is 3. The van der Waals surface area contributed by atoms with E-state index in [9.17, 15) is 9.59 Å². The highest BCUT2D eigenvalue weighted by Crippen LogP contribution is 2.65. The van der Waals surface area contributed by atoms with Crippen LogP contribution in [0.5, 0.6) is 0 Å². The third kappa shape index (κ3) is 2.59. The predicted octanol–water partition coefficient (Wildman–Crippen LogP) is 4.07. The van der Waals surface area contributed by atoms with Crippen molar-refractivity contribution in [2.75, 3.05) is 11.1 Å². The van der Waals surface area contributed by atoms with Crippen molar-refractivity contribution < 1.29 is 9.59 Å². The van der Waals surface area contributed by atoms with Crippen LogP contribution in [0.25, 0.3) is 0 Å². The lowest BCUT2D eigenvalue weighted by atomic mass is 9.69. The number of hydrogen-bond acceptors (Lipinski definition) is 3. The highest BCUT2D eigenvalue weighted by molar-refractivity contribution is 7.99. The summed E-state index contributed by atoms with van der Waals surface area (Å²) in [7, 11) is 0. The molecule has 0 saturated heterocycles. The fourth-order valence-electron chi connectivity index (χ4n) is 5.02. The molecule has 2 aliphatic carbocycles. The first-order valence-corrected chi connectivity index (χ1v) is 10.2. The molecule has 4 nitrogen and oxygen atoms in total. The summed E-state index contributed by atoms with van der Waals surface area (Å²) in [4.78, 5) is 25.7. The van der Waals surface area contributed by atoms with Gasteiger partial charge in [-0.2, -0.15) is 0 Å². The number of carbonyl (C=O) groups is 2. The zero-order valence-electron chi connectivity index (χ0n) is 15.1. The minimum absolute atomic E-state index is 0.0196. The molecule has 0 aromatic heterocycles. The van der Waals surface area contributed by atoms with Gasteiger partial charge in [0.25, 0.3) is 5.91 Å². The van der Waals surface area contributed by atoms with E-state index >= 15 is 0 Å². The summed E-state index contributed by atoms with van der Waals surface area (Å²) in [5.41, 5.74) is 1.84. The van der Waals surface area contributed by atoms with Crippen LogP contribution in [0.3, 0.4) is 0 Å². The molecule has 0 spiro atoms. The van der Waals surface area contributed by atoms with Crippen molar-refractivity contribution in [1.82, 2.24) is 5.32 Å². The number of benzene rings is 1. The molecule has 3 unspecified atom stereocenters. The lowest BCUT2D eigenvalue weighted by Gasteiger charge is -2.39. The first-order chi connectivity index (χ1) is 11.8. The van der Waals surface area contributed by atoms with Crippen molar-refractivity contribution in [3.8, 4) is 0 Å². The summed E-state index contributed by atoms with van der Waals surface area (Å²) >= 11 is 1.66. The van der Waals surface area contributed by atoms with Gasteiger partial charge in [0.2, 0.25) is 5.91 Å². The summed E-state index contributed by atoms with van der Waals surface area (Å²) in [6, 6.07) is 5.88. The fraction of sp³-hybridized carbons (Fsp3) is 0.600. The van der Waals surface area contributed by atoms with Crippen molar-refractivity contribution in [3.05, 3.63) is 23.8 Å². The van der Waals surface area contributed by atoms with Gasteiger partial charge < -0.3 is 10.6 Å². The van der Waals surface area contributed by atoms with E-state index in [-0.39, 0.29) is 28.7 Å². The molecule has 2 N–H and O–H groups in total. The van der Waals surface area contributed by atoms with Crippen LogP contribution in [0.15, 0.2) is 23.1 Å². The SMILES string of the molecule is CC1(C)C2CCC1(C)C(NC(=O)c1ccc3c(c1)NC(=O)CCS3)C2. The van der Waals surface area contributed by atoms with Gasteiger partial charge in [0.05, 0.1) is 5.69 Å². The van der Waals surface area contributed by atoms with Crippen LogP contribution >= 0.6 is 11.8 Å². The predicted molar refractivity (Wildman–Crippen MR) is 101 cm³/mol. The minimum atomic E-state index is -0.0270. The topological polar surface area (TPSA) is 58.2 Å². The van der Waals surface area contributed by atoms with Gasteiger partial charge in [-0.05, 0) is 54.2 Å². The maximum atomic E-state index is 12.9. The van der Waals surface area contributed by atoms with Crippen LogP contribution in [0, 0.1) is 16.7 Å². The van der Waals surface area contributed by atoms with E-state index in [1.165, 1.54) is 12.8 Å². The minimum Gasteiger partial charge on any atom is -0.349 e. The summed E-state index contributed by atoms with van der Waals surface area (Å²) < 4.78 is 0. The number of amides is 2. The zero-order chi connectivity index (χ0) is 17.8. The van der Waals surface area contributed by atoms with Gasteiger partial charge in [0.1, 0.15) is 0 Å². The molecule has 2 amide bonds. The highest BCUT2D eigenvalue weighted by atomic mass is 32.2. The molecule has 1 aromatic rings. The van der Waals surface area contributed by atoms with Crippen LogP contribution in [0.2, 0.25) is 0 Å². The molecule has 2 fully saturated rings. The van der Waals surface area contributed by atoms with Crippen molar-refractivity contribution in [1.29, 1.82) is 0 Å². The molecular weight excluding hydrogens is 332 g/mol. The van der Waals surface area contributed by atoms with Gasteiger partial charge in [-0.25, -0.2) is 0 Å². The normalized spacial score (nSPS) is 32.7. The Morgan fingerprint density at radius 2 is 2.12 bits per heavy atom. The van der Waals surface area contributed by atoms with Gasteiger partial charge in [-0.15, -0.1) is 11.8 Å². The monoisotopic (exact) mass is 358 g/mol. The van der Waals surface area contributed by atoms with Gasteiger partial charge >= 0.3 is 0 Å². The summed E-state index contributed by atoms with van der Waals surface area (Å²) in [5.74, 6) is 1.47. The lowest BCUT2D eigenvalue weighted by Crippen LogP contribution is -2.46. The Hall–Kier alpha value is -1.49. The van der Waals surface area contributed by atoms with Crippen molar-refractivity contribution in [3.63, 3.8) is 0 Å². The maximum Gasteiger partial charge on any atom is 0.251 e. The van der Waals surface area contributed by atoms with Crippen molar-refractivity contribution >= 4 is 29.3 Å². The molecule has 4 rings (SSSR count). The third-order valence-corrected chi connectivity index (χ3v) is 8.28. The Bertz CT molecular complexity index is 745. The Kier molecular flexibility index (Phi) is 3.91. The van der Waals surface area contributed by atoms with E-state index in [2.05, 4.69) is 31.4 Å². The quantitative estimate of drug-likeness (QED) is 0.838. The van der Waals surface area contributed by atoms with E-state index in [1.54, 1.807) is 11.8 Å². The van der Waals surface area contributed by atoms with Crippen molar-refractivity contribution in [2.45, 2.75) is 57.4 Å². The Morgan fingerprint density at radius 3 is 2.80 bits per heavy atom.